The van der Waals surface area contributed by atoms with Crippen LogP contribution in [0.5, 0.6) is 0 Å². The number of hydrogen-bond acceptors (Lipinski definition) is 3. The predicted molar refractivity (Wildman–Crippen MR) is 68.8 cm³/mol. The first-order valence-electron chi connectivity index (χ1n) is 5.56. The Balaban J connectivity index is 2.85. The maximum Gasteiger partial charge on any atom is 0.261 e. The molecule has 96 valence electrons. The van der Waals surface area contributed by atoms with E-state index in [1.165, 1.54) is 12.1 Å². The van der Waals surface area contributed by atoms with Gasteiger partial charge in [0, 0.05) is 17.8 Å². The van der Waals surface area contributed by atoms with Crippen molar-refractivity contribution in [3.05, 3.63) is 29.8 Å². The quantitative estimate of drug-likeness (QED) is 0.747. The van der Waals surface area contributed by atoms with Crippen molar-refractivity contribution in [2.45, 2.75) is 37.2 Å². The van der Waals surface area contributed by atoms with Crippen molar-refractivity contribution in [3.63, 3.8) is 0 Å². The van der Waals surface area contributed by atoms with Gasteiger partial charge in [-0.25, -0.2) is 8.42 Å². The minimum atomic E-state index is -3.64. The predicted octanol–water partition coefficient (Wildman–Crippen LogP) is 3.49. The van der Waals surface area contributed by atoms with E-state index in [2.05, 4.69) is 6.92 Å². The number of ether oxygens (including phenoxy) is 1. The molecule has 0 saturated carbocycles. The van der Waals surface area contributed by atoms with Gasteiger partial charge >= 0.3 is 0 Å². The van der Waals surface area contributed by atoms with Crippen LogP contribution in [0.1, 0.15) is 37.9 Å². The summed E-state index contributed by atoms with van der Waals surface area (Å²) >= 11 is 0. The molecule has 17 heavy (non-hydrogen) atoms. The minimum absolute atomic E-state index is 0.0158. The molecule has 0 bridgehead atoms. The molecule has 0 amide bonds. The second-order valence-electron chi connectivity index (χ2n) is 3.87. The van der Waals surface area contributed by atoms with Gasteiger partial charge < -0.3 is 4.74 Å². The third kappa shape index (κ3) is 4.30. The number of unbranched alkanes of at least 4 members (excludes halogenated alkanes) is 1. The molecule has 1 atom stereocenters. The summed E-state index contributed by atoms with van der Waals surface area (Å²) in [5.74, 6) is 0. The second-order valence-corrected chi connectivity index (χ2v) is 6.44. The molecule has 0 saturated heterocycles. The Kier molecular flexibility index (Phi) is 5.43. The van der Waals surface area contributed by atoms with Crippen molar-refractivity contribution >= 4 is 19.7 Å². The Hall–Kier alpha value is -0.580. The van der Waals surface area contributed by atoms with Crippen LogP contribution in [0.4, 0.5) is 0 Å². The van der Waals surface area contributed by atoms with Crippen LogP contribution in [-0.2, 0) is 13.8 Å². The maximum absolute atomic E-state index is 11.1. The maximum atomic E-state index is 11.1. The lowest BCUT2D eigenvalue weighted by atomic mass is 10.0. The van der Waals surface area contributed by atoms with E-state index in [0.717, 1.165) is 24.8 Å². The lowest BCUT2D eigenvalue weighted by molar-refractivity contribution is 0.0935. The van der Waals surface area contributed by atoms with Gasteiger partial charge in [0.05, 0.1) is 11.0 Å². The Morgan fingerprint density at radius 3 is 2.29 bits per heavy atom. The largest absolute Gasteiger partial charge is 0.377 e. The first-order valence-corrected chi connectivity index (χ1v) is 7.87. The van der Waals surface area contributed by atoms with Crippen LogP contribution >= 0.6 is 10.7 Å². The summed E-state index contributed by atoms with van der Waals surface area (Å²) in [5, 5.41) is 0. The Labute approximate surface area is 107 Å². The Bertz CT molecular complexity index is 439. The molecule has 0 heterocycles. The van der Waals surface area contributed by atoms with Gasteiger partial charge in [0.15, 0.2) is 0 Å². The minimum Gasteiger partial charge on any atom is -0.377 e. The average molecular weight is 277 g/mol. The molecule has 0 spiro atoms. The first-order chi connectivity index (χ1) is 7.99. The van der Waals surface area contributed by atoms with Crippen molar-refractivity contribution in [2.24, 2.45) is 0 Å². The van der Waals surface area contributed by atoms with E-state index in [0.29, 0.717) is 0 Å². The monoisotopic (exact) mass is 276 g/mol. The molecule has 0 fully saturated rings. The van der Waals surface area contributed by atoms with Crippen molar-refractivity contribution in [2.75, 3.05) is 7.11 Å². The van der Waals surface area contributed by atoms with E-state index in [-0.39, 0.29) is 11.0 Å². The fraction of sp³-hybridized carbons (Fsp3) is 0.500. The second kappa shape index (κ2) is 6.38. The van der Waals surface area contributed by atoms with E-state index < -0.39 is 9.05 Å². The first kappa shape index (κ1) is 14.5. The zero-order valence-electron chi connectivity index (χ0n) is 10.0. The van der Waals surface area contributed by atoms with Gasteiger partial charge in [-0.05, 0) is 24.1 Å². The molecule has 1 aromatic carbocycles. The van der Waals surface area contributed by atoms with Crippen molar-refractivity contribution < 1.29 is 13.2 Å². The van der Waals surface area contributed by atoms with Crippen molar-refractivity contribution in [1.29, 1.82) is 0 Å². The summed E-state index contributed by atoms with van der Waals surface area (Å²) in [4.78, 5) is 0.119. The highest BCUT2D eigenvalue weighted by molar-refractivity contribution is 8.13. The van der Waals surface area contributed by atoms with Crippen LogP contribution < -0.4 is 0 Å². The van der Waals surface area contributed by atoms with Crippen LogP contribution in [0.25, 0.3) is 0 Å². The fourth-order valence-electron chi connectivity index (χ4n) is 1.66. The lowest BCUT2D eigenvalue weighted by Crippen LogP contribution is -2.02. The van der Waals surface area contributed by atoms with E-state index in [4.69, 9.17) is 15.4 Å². The van der Waals surface area contributed by atoms with Gasteiger partial charge in [0.1, 0.15) is 0 Å². The number of hydrogen-bond donors (Lipinski definition) is 0. The van der Waals surface area contributed by atoms with Crippen molar-refractivity contribution in [3.8, 4) is 0 Å². The third-order valence-corrected chi connectivity index (χ3v) is 4.01. The molecule has 0 aliphatic heterocycles. The lowest BCUT2D eigenvalue weighted by Gasteiger charge is -2.15. The van der Waals surface area contributed by atoms with Crippen LogP contribution in [-0.4, -0.2) is 15.5 Å². The van der Waals surface area contributed by atoms with E-state index in [9.17, 15) is 8.42 Å². The summed E-state index contributed by atoms with van der Waals surface area (Å²) in [6.45, 7) is 2.12. The SMILES string of the molecule is CCCCC(OC)c1ccc(S(=O)(=O)Cl)cc1. The fourth-order valence-corrected chi connectivity index (χ4v) is 2.42. The molecule has 0 aliphatic rings. The number of rotatable bonds is 6. The number of methoxy groups -OCH3 is 1. The van der Waals surface area contributed by atoms with E-state index in [1.807, 2.05) is 0 Å². The van der Waals surface area contributed by atoms with Gasteiger partial charge in [0.2, 0.25) is 0 Å². The van der Waals surface area contributed by atoms with Gasteiger partial charge in [0.25, 0.3) is 9.05 Å². The smallest absolute Gasteiger partial charge is 0.261 e. The summed E-state index contributed by atoms with van der Waals surface area (Å²) in [5.41, 5.74) is 0.977. The zero-order valence-corrected chi connectivity index (χ0v) is 11.6. The molecule has 0 aromatic heterocycles. The normalized spacial score (nSPS) is 13.6. The molecule has 1 unspecified atom stereocenters. The zero-order chi connectivity index (χ0) is 12.9. The molecule has 5 heteroatoms. The summed E-state index contributed by atoms with van der Waals surface area (Å²) in [6.07, 6.45) is 3.13. The summed E-state index contributed by atoms with van der Waals surface area (Å²) < 4.78 is 27.6. The Morgan fingerprint density at radius 2 is 1.88 bits per heavy atom. The van der Waals surface area contributed by atoms with Gasteiger partial charge in [-0.2, -0.15) is 0 Å². The molecule has 0 aliphatic carbocycles. The highest BCUT2D eigenvalue weighted by Crippen LogP contribution is 2.24. The molecular formula is C12H17ClO3S. The topological polar surface area (TPSA) is 43.4 Å². The standard InChI is InChI=1S/C12H17ClO3S/c1-3-4-5-12(16-2)10-6-8-11(9-7-10)17(13,14)15/h6-9,12H,3-5H2,1-2H3. The van der Waals surface area contributed by atoms with Gasteiger partial charge in [-0.1, -0.05) is 31.9 Å². The summed E-state index contributed by atoms with van der Waals surface area (Å²) in [6, 6.07) is 6.52. The number of benzene rings is 1. The Morgan fingerprint density at radius 1 is 1.29 bits per heavy atom. The molecule has 1 rings (SSSR count). The highest BCUT2D eigenvalue weighted by atomic mass is 35.7. The van der Waals surface area contributed by atoms with Crippen molar-refractivity contribution in [1.82, 2.24) is 0 Å². The van der Waals surface area contributed by atoms with E-state index >= 15 is 0 Å². The highest BCUT2D eigenvalue weighted by Gasteiger charge is 2.13. The van der Waals surface area contributed by atoms with Crippen LogP contribution in [0.3, 0.4) is 0 Å². The van der Waals surface area contributed by atoms with Gasteiger partial charge in [-0.3, -0.25) is 0 Å². The van der Waals surface area contributed by atoms with Gasteiger partial charge in [-0.15, -0.1) is 0 Å². The molecular weight excluding hydrogens is 260 g/mol. The molecule has 0 radical (unpaired) electrons. The average Bonchev–Trinajstić information content (AvgIpc) is 2.29. The number of halogens is 1. The van der Waals surface area contributed by atoms with Crippen LogP contribution in [0.15, 0.2) is 29.2 Å². The third-order valence-electron chi connectivity index (χ3n) is 2.64. The van der Waals surface area contributed by atoms with Crippen LogP contribution in [0, 0.1) is 0 Å². The van der Waals surface area contributed by atoms with E-state index in [1.54, 1.807) is 19.2 Å². The molecule has 3 nitrogen and oxygen atoms in total. The summed E-state index contributed by atoms with van der Waals surface area (Å²) in [7, 11) is 3.27. The van der Waals surface area contributed by atoms with Crippen LogP contribution in [0.2, 0.25) is 0 Å². The molecule has 0 N–H and O–H groups in total. The molecule has 1 aromatic rings.